The van der Waals surface area contributed by atoms with Gasteiger partial charge in [0.05, 0.1) is 5.56 Å². The van der Waals surface area contributed by atoms with E-state index in [1.165, 1.54) is 12.1 Å². The summed E-state index contributed by atoms with van der Waals surface area (Å²) in [5, 5.41) is 10.7. The second-order valence-electron chi connectivity index (χ2n) is 7.32. The van der Waals surface area contributed by atoms with Gasteiger partial charge in [0.25, 0.3) is 5.91 Å². The van der Waals surface area contributed by atoms with Gasteiger partial charge in [-0.3, -0.25) is 14.8 Å². The van der Waals surface area contributed by atoms with Crippen molar-refractivity contribution in [3.05, 3.63) is 78.4 Å². The van der Waals surface area contributed by atoms with Crippen molar-refractivity contribution in [3.63, 3.8) is 0 Å². The Morgan fingerprint density at radius 3 is 2.69 bits per heavy atom. The Morgan fingerprint density at radius 1 is 1.06 bits per heavy atom. The zero-order chi connectivity index (χ0) is 22.5. The lowest BCUT2D eigenvalue weighted by molar-refractivity contribution is 0.102. The number of carbonyl (C=O) groups excluding carboxylic acids is 1. The molecule has 3 heterocycles. The molecule has 7 nitrogen and oxygen atoms in total. The fourth-order valence-corrected chi connectivity index (χ4v) is 3.38. The summed E-state index contributed by atoms with van der Waals surface area (Å²) in [6, 6.07) is 11.8. The van der Waals surface area contributed by atoms with E-state index in [2.05, 4.69) is 25.5 Å². The quantitative estimate of drug-likeness (QED) is 0.457. The Hall–Kier alpha value is -3.94. The predicted molar refractivity (Wildman–Crippen MR) is 121 cm³/mol. The summed E-state index contributed by atoms with van der Waals surface area (Å²) in [5.41, 5.74) is 3.71. The van der Waals surface area contributed by atoms with E-state index in [9.17, 15) is 9.18 Å². The van der Waals surface area contributed by atoms with Crippen LogP contribution < -0.4 is 5.32 Å². The van der Waals surface area contributed by atoms with Crippen molar-refractivity contribution in [2.45, 2.75) is 33.2 Å². The highest BCUT2D eigenvalue weighted by molar-refractivity contribution is 6.03. The molecule has 0 aliphatic heterocycles. The van der Waals surface area contributed by atoms with Gasteiger partial charge >= 0.3 is 0 Å². The molecule has 0 saturated heterocycles. The zero-order valence-electron chi connectivity index (χ0n) is 17.9. The Morgan fingerprint density at radius 2 is 1.94 bits per heavy atom. The number of aromatic nitrogens is 5. The summed E-state index contributed by atoms with van der Waals surface area (Å²) in [5.74, 6) is -0.405. The number of hydrogen-bond acceptors (Lipinski definition) is 5. The number of nitrogens with zero attached hydrogens (tertiary/aromatic N) is 5. The highest BCUT2D eigenvalue weighted by Crippen LogP contribution is 2.25. The number of pyridine rings is 2. The maximum absolute atomic E-state index is 14.5. The molecule has 0 unspecified atom stereocenters. The number of amides is 1. The Bertz CT molecular complexity index is 1240. The van der Waals surface area contributed by atoms with Gasteiger partial charge in [-0.2, -0.15) is 0 Å². The number of anilines is 1. The van der Waals surface area contributed by atoms with E-state index >= 15 is 0 Å². The van der Waals surface area contributed by atoms with Gasteiger partial charge in [-0.05, 0) is 54.8 Å². The second-order valence-corrected chi connectivity index (χ2v) is 7.32. The molecule has 3 aromatic heterocycles. The van der Waals surface area contributed by atoms with Crippen molar-refractivity contribution in [1.82, 2.24) is 24.7 Å². The average molecular weight is 430 g/mol. The third-order valence-corrected chi connectivity index (χ3v) is 5.06. The van der Waals surface area contributed by atoms with Crippen molar-refractivity contribution in [2.75, 3.05) is 5.32 Å². The van der Waals surface area contributed by atoms with Gasteiger partial charge in [0, 0.05) is 35.9 Å². The average Bonchev–Trinajstić information content (AvgIpc) is 3.28. The normalized spacial score (nSPS) is 10.8. The van der Waals surface area contributed by atoms with Crippen LogP contribution in [0, 0.1) is 5.82 Å². The van der Waals surface area contributed by atoms with E-state index in [1.807, 2.05) is 32.0 Å². The summed E-state index contributed by atoms with van der Waals surface area (Å²) < 4.78 is 16.3. The Kier molecular flexibility index (Phi) is 6.30. The first kappa shape index (κ1) is 21.3. The molecule has 0 spiro atoms. The first-order chi connectivity index (χ1) is 15.6. The molecule has 0 fully saturated rings. The number of rotatable bonds is 7. The molecule has 0 aliphatic rings. The first-order valence-corrected chi connectivity index (χ1v) is 10.5. The molecular formula is C24H23FN6O. The number of aryl methyl sites for hydroxylation is 2. The summed E-state index contributed by atoms with van der Waals surface area (Å²) in [4.78, 5) is 21.4. The molecule has 0 aliphatic carbocycles. The topological polar surface area (TPSA) is 85.6 Å². The highest BCUT2D eigenvalue weighted by Gasteiger charge is 2.15. The second kappa shape index (κ2) is 9.47. The van der Waals surface area contributed by atoms with Crippen LogP contribution >= 0.6 is 0 Å². The molecule has 162 valence electrons. The fourth-order valence-electron chi connectivity index (χ4n) is 3.38. The molecule has 4 aromatic rings. The van der Waals surface area contributed by atoms with E-state index in [0.29, 0.717) is 18.1 Å². The molecule has 8 heteroatoms. The molecule has 32 heavy (non-hydrogen) atoms. The number of hydrogen-bond donors (Lipinski definition) is 1. The molecule has 1 amide bonds. The highest BCUT2D eigenvalue weighted by atomic mass is 19.1. The lowest BCUT2D eigenvalue weighted by Gasteiger charge is -2.10. The number of nitrogens with one attached hydrogen (secondary N) is 1. The largest absolute Gasteiger partial charge is 0.321 e. The van der Waals surface area contributed by atoms with Gasteiger partial charge < -0.3 is 9.88 Å². The van der Waals surface area contributed by atoms with Crippen LogP contribution in [0.25, 0.3) is 22.5 Å². The first-order valence-electron chi connectivity index (χ1n) is 10.5. The molecule has 0 radical (unpaired) electrons. The zero-order valence-corrected chi connectivity index (χ0v) is 17.9. The van der Waals surface area contributed by atoms with Gasteiger partial charge in [-0.1, -0.05) is 19.9 Å². The minimum atomic E-state index is -0.434. The summed E-state index contributed by atoms with van der Waals surface area (Å²) in [6.07, 6.45) is 6.66. The van der Waals surface area contributed by atoms with Crippen LogP contribution in [0.4, 0.5) is 10.1 Å². The van der Waals surface area contributed by atoms with Crippen molar-refractivity contribution in [2.24, 2.45) is 0 Å². The van der Waals surface area contributed by atoms with E-state index in [1.54, 1.807) is 35.4 Å². The maximum Gasteiger partial charge on any atom is 0.274 e. The molecule has 0 bridgehead atoms. The van der Waals surface area contributed by atoms with Crippen LogP contribution in [0.5, 0.6) is 0 Å². The van der Waals surface area contributed by atoms with Crippen molar-refractivity contribution in [3.8, 4) is 22.5 Å². The van der Waals surface area contributed by atoms with Crippen molar-refractivity contribution < 1.29 is 9.18 Å². The van der Waals surface area contributed by atoms with Crippen LogP contribution in [0.3, 0.4) is 0 Å². The number of carbonyl (C=O) groups is 1. The van der Waals surface area contributed by atoms with Gasteiger partial charge in [0.2, 0.25) is 0 Å². The standard InChI is InChI=1S/C24H23FN6O/c1-3-11-31-15-28-30-23(31)20-13-19(7-8-21(20)25)29-24(32)22-12-16(9-10-26-22)17-5-6-18(4-2)27-14-17/h5-10,12-15H,3-4,11H2,1-2H3,(H,29,32). The smallest absolute Gasteiger partial charge is 0.274 e. The van der Waals surface area contributed by atoms with Crippen LogP contribution in [-0.2, 0) is 13.0 Å². The van der Waals surface area contributed by atoms with Gasteiger partial charge in [0.15, 0.2) is 5.82 Å². The molecule has 4 rings (SSSR count). The van der Waals surface area contributed by atoms with Crippen LogP contribution in [0.1, 0.15) is 36.5 Å². The van der Waals surface area contributed by atoms with Gasteiger partial charge in [-0.25, -0.2) is 4.39 Å². The van der Waals surface area contributed by atoms with Crippen molar-refractivity contribution >= 4 is 11.6 Å². The van der Waals surface area contributed by atoms with E-state index in [4.69, 9.17) is 0 Å². The SMILES string of the molecule is CCCn1cnnc1-c1cc(NC(=O)c2cc(-c3ccc(CC)nc3)ccn2)ccc1F. The monoisotopic (exact) mass is 430 g/mol. The van der Waals surface area contributed by atoms with E-state index < -0.39 is 11.7 Å². The minimum absolute atomic E-state index is 0.252. The Balaban J connectivity index is 1.57. The van der Waals surface area contributed by atoms with Gasteiger partial charge in [0.1, 0.15) is 17.8 Å². The molecule has 0 saturated carbocycles. The maximum atomic E-state index is 14.5. The van der Waals surface area contributed by atoms with E-state index in [0.717, 1.165) is 29.7 Å². The van der Waals surface area contributed by atoms with Crippen LogP contribution in [0.15, 0.2) is 61.2 Å². The molecule has 1 N–H and O–H groups in total. The lowest BCUT2D eigenvalue weighted by atomic mass is 10.1. The van der Waals surface area contributed by atoms with E-state index in [-0.39, 0.29) is 11.3 Å². The predicted octanol–water partition coefficient (Wildman–Crippen LogP) is 4.77. The van der Waals surface area contributed by atoms with Gasteiger partial charge in [-0.15, -0.1) is 10.2 Å². The Labute approximate surface area is 185 Å². The third-order valence-electron chi connectivity index (χ3n) is 5.06. The molecular weight excluding hydrogens is 407 g/mol. The number of benzene rings is 1. The van der Waals surface area contributed by atoms with Crippen LogP contribution in [0.2, 0.25) is 0 Å². The minimum Gasteiger partial charge on any atom is -0.321 e. The summed E-state index contributed by atoms with van der Waals surface area (Å²) >= 11 is 0. The summed E-state index contributed by atoms with van der Waals surface area (Å²) in [6.45, 7) is 4.74. The molecule has 1 aromatic carbocycles. The van der Waals surface area contributed by atoms with Crippen LogP contribution in [-0.4, -0.2) is 30.6 Å². The molecule has 0 atom stereocenters. The van der Waals surface area contributed by atoms with Crippen molar-refractivity contribution in [1.29, 1.82) is 0 Å². The fraction of sp³-hybridized carbons (Fsp3) is 0.208. The number of halogens is 1. The third kappa shape index (κ3) is 4.54. The summed E-state index contributed by atoms with van der Waals surface area (Å²) in [7, 11) is 0. The lowest BCUT2D eigenvalue weighted by Crippen LogP contribution is -2.14.